The van der Waals surface area contributed by atoms with Gasteiger partial charge in [0, 0.05) is 12.2 Å². The fourth-order valence-corrected chi connectivity index (χ4v) is 1.50. The molecular formula is C14H20O4. The molecule has 0 N–H and O–H groups in total. The van der Waals surface area contributed by atoms with E-state index in [1.165, 1.54) is 0 Å². The van der Waals surface area contributed by atoms with Crippen LogP contribution in [0.5, 0.6) is 11.5 Å². The number of rotatable bonds is 8. The van der Waals surface area contributed by atoms with Crippen LogP contribution in [-0.4, -0.2) is 32.2 Å². The van der Waals surface area contributed by atoms with Crippen LogP contribution in [0.25, 0.3) is 0 Å². The predicted octanol–water partition coefficient (Wildman–Crippen LogP) is 2.70. The minimum atomic E-state index is -0.0548. The summed E-state index contributed by atoms with van der Waals surface area (Å²) in [5.41, 5.74) is 0.579. The van der Waals surface area contributed by atoms with Gasteiger partial charge in [-0.25, -0.2) is 0 Å². The van der Waals surface area contributed by atoms with Gasteiger partial charge in [-0.1, -0.05) is 0 Å². The highest BCUT2D eigenvalue weighted by atomic mass is 16.5. The minimum absolute atomic E-state index is 0.0548. The maximum Gasteiger partial charge on any atom is 0.188 e. The zero-order valence-electron chi connectivity index (χ0n) is 11.2. The molecule has 0 unspecified atom stereocenters. The van der Waals surface area contributed by atoms with Crippen molar-refractivity contribution in [2.75, 3.05) is 26.4 Å². The first-order chi connectivity index (χ1) is 8.72. The van der Waals surface area contributed by atoms with Crippen molar-refractivity contribution >= 4 is 5.78 Å². The second-order valence-electron chi connectivity index (χ2n) is 3.59. The molecule has 0 radical (unpaired) electrons. The fourth-order valence-electron chi connectivity index (χ4n) is 1.50. The topological polar surface area (TPSA) is 44.8 Å². The quantitative estimate of drug-likeness (QED) is 0.667. The molecule has 0 saturated carbocycles. The molecule has 0 atom stereocenters. The van der Waals surface area contributed by atoms with Crippen LogP contribution in [-0.2, 0) is 4.74 Å². The maximum atomic E-state index is 11.8. The van der Waals surface area contributed by atoms with Crippen molar-refractivity contribution in [3.63, 3.8) is 0 Å². The number of carbonyl (C=O) groups is 1. The van der Waals surface area contributed by atoms with Gasteiger partial charge in [0.05, 0.1) is 13.2 Å². The third-order valence-electron chi connectivity index (χ3n) is 2.30. The van der Waals surface area contributed by atoms with Crippen LogP contribution in [0.1, 0.15) is 31.1 Å². The third-order valence-corrected chi connectivity index (χ3v) is 2.30. The Labute approximate surface area is 108 Å². The van der Waals surface area contributed by atoms with Crippen LogP contribution in [0.4, 0.5) is 0 Å². The Hall–Kier alpha value is -1.55. The first-order valence-corrected chi connectivity index (χ1v) is 6.23. The van der Waals surface area contributed by atoms with Crippen molar-refractivity contribution in [1.29, 1.82) is 0 Å². The summed E-state index contributed by atoms with van der Waals surface area (Å²) in [5, 5.41) is 0. The van der Waals surface area contributed by atoms with Gasteiger partial charge in [0.2, 0.25) is 0 Å². The summed E-state index contributed by atoms with van der Waals surface area (Å²) < 4.78 is 16.0. The number of ketones is 1. The molecule has 0 saturated heterocycles. The van der Waals surface area contributed by atoms with Crippen LogP contribution in [0.15, 0.2) is 18.2 Å². The lowest BCUT2D eigenvalue weighted by Gasteiger charge is -2.12. The van der Waals surface area contributed by atoms with E-state index in [4.69, 9.17) is 14.2 Å². The molecule has 0 heterocycles. The number of hydrogen-bond acceptors (Lipinski definition) is 4. The van der Waals surface area contributed by atoms with E-state index in [0.717, 1.165) is 0 Å². The molecule has 1 aromatic rings. The predicted molar refractivity (Wildman–Crippen MR) is 69.6 cm³/mol. The average Bonchev–Trinajstić information content (AvgIpc) is 2.38. The van der Waals surface area contributed by atoms with E-state index >= 15 is 0 Å². The van der Waals surface area contributed by atoms with Gasteiger partial charge in [-0.2, -0.15) is 0 Å². The van der Waals surface area contributed by atoms with Gasteiger partial charge in [-0.15, -0.1) is 0 Å². The van der Waals surface area contributed by atoms with Crippen molar-refractivity contribution in [3.05, 3.63) is 23.8 Å². The Morgan fingerprint density at radius 1 is 1.00 bits per heavy atom. The monoisotopic (exact) mass is 252 g/mol. The van der Waals surface area contributed by atoms with E-state index in [2.05, 4.69) is 0 Å². The van der Waals surface area contributed by atoms with Crippen LogP contribution in [0.3, 0.4) is 0 Å². The highest BCUT2D eigenvalue weighted by Gasteiger charge is 2.11. The first-order valence-electron chi connectivity index (χ1n) is 6.23. The van der Waals surface area contributed by atoms with Gasteiger partial charge in [-0.3, -0.25) is 4.79 Å². The lowest BCUT2D eigenvalue weighted by Crippen LogP contribution is -2.09. The molecule has 4 nitrogen and oxygen atoms in total. The third kappa shape index (κ3) is 4.04. The smallest absolute Gasteiger partial charge is 0.188 e. The molecule has 0 bridgehead atoms. The molecule has 0 amide bonds. The summed E-state index contributed by atoms with van der Waals surface area (Å²) in [4.78, 5) is 11.8. The van der Waals surface area contributed by atoms with E-state index < -0.39 is 0 Å². The van der Waals surface area contributed by atoms with Crippen molar-refractivity contribution in [2.24, 2.45) is 0 Å². The molecule has 1 aromatic carbocycles. The molecular weight excluding hydrogens is 232 g/mol. The maximum absolute atomic E-state index is 11.8. The Bertz CT molecular complexity index is 387. The highest BCUT2D eigenvalue weighted by molar-refractivity contribution is 5.97. The Kier molecular flexibility index (Phi) is 6.22. The molecule has 18 heavy (non-hydrogen) atoms. The highest BCUT2D eigenvalue weighted by Crippen LogP contribution is 2.28. The molecule has 4 heteroatoms. The lowest BCUT2D eigenvalue weighted by atomic mass is 10.1. The molecule has 100 valence electrons. The zero-order chi connectivity index (χ0) is 13.4. The van der Waals surface area contributed by atoms with E-state index in [-0.39, 0.29) is 12.4 Å². The van der Waals surface area contributed by atoms with Gasteiger partial charge in [-0.05, 0) is 39.0 Å². The largest absolute Gasteiger partial charge is 0.490 e. The fraction of sp³-hybridized carbons (Fsp3) is 0.500. The standard InChI is InChI=1S/C14H20O4/c1-4-16-10-12(15)11-7-8-13(17-5-2)14(9-11)18-6-3/h7-9H,4-6,10H2,1-3H3. The zero-order valence-corrected chi connectivity index (χ0v) is 11.2. The molecule has 0 aromatic heterocycles. The van der Waals surface area contributed by atoms with Gasteiger partial charge in [0.25, 0.3) is 0 Å². The van der Waals surface area contributed by atoms with Crippen molar-refractivity contribution < 1.29 is 19.0 Å². The second kappa shape index (κ2) is 7.71. The summed E-state index contributed by atoms with van der Waals surface area (Å²) in [7, 11) is 0. The molecule has 0 aliphatic heterocycles. The number of Topliss-reactive ketones (excluding diaryl/α,β-unsaturated/α-hetero) is 1. The second-order valence-corrected chi connectivity index (χ2v) is 3.59. The minimum Gasteiger partial charge on any atom is -0.490 e. The van der Waals surface area contributed by atoms with Gasteiger partial charge in [0.15, 0.2) is 17.3 Å². The van der Waals surface area contributed by atoms with Crippen LogP contribution in [0, 0.1) is 0 Å². The molecule has 0 aliphatic rings. The summed E-state index contributed by atoms with van der Waals surface area (Å²) in [6, 6.07) is 5.19. The number of hydrogen-bond donors (Lipinski definition) is 0. The van der Waals surface area contributed by atoms with Gasteiger partial charge >= 0.3 is 0 Å². The number of ether oxygens (including phenoxy) is 3. The normalized spacial score (nSPS) is 10.2. The summed E-state index contributed by atoms with van der Waals surface area (Å²) >= 11 is 0. The summed E-state index contributed by atoms with van der Waals surface area (Å²) in [6.45, 7) is 7.37. The Morgan fingerprint density at radius 2 is 1.67 bits per heavy atom. The van der Waals surface area contributed by atoms with E-state index in [0.29, 0.717) is 36.9 Å². The van der Waals surface area contributed by atoms with Crippen molar-refractivity contribution in [2.45, 2.75) is 20.8 Å². The molecule has 1 rings (SSSR count). The van der Waals surface area contributed by atoms with Crippen LogP contribution < -0.4 is 9.47 Å². The van der Waals surface area contributed by atoms with Gasteiger partial charge < -0.3 is 14.2 Å². The molecule has 0 fully saturated rings. The van der Waals surface area contributed by atoms with Gasteiger partial charge in [0.1, 0.15) is 6.61 Å². The van der Waals surface area contributed by atoms with Crippen molar-refractivity contribution in [3.8, 4) is 11.5 Å². The summed E-state index contributed by atoms with van der Waals surface area (Å²) in [5.74, 6) is 1.20. The number of carbonyl (C=O) groups excluding carboxylic acids is 1. The SMILES string of the molecule is CCOCC(=O)c1ccc(OCC)c(OCC)c1. The molecule has 0 aliphatic carbocycles. The Morgan fingerprint density at radius 3 is 2.28 bits per heavy atom. The first kappa shape index (κ1) is 14.5. The summed E-state index contributed by atoms with van der Waals surface area (Å²) in [6.07, 6.45) is 0. The Balaban J connectivity index is 2.87. The van der Waals surface area contributed by atoms with Crippen LogP contribution in [0.2, 0.25) is 0 Å². The average molecular weight is 252 g/mol. The van der Waals surface area contributed by atoms with E-state index in [9.17, 15) is 4.79 Å². The van der Waals surface area contributed by atoms with Crippen molar-refractivity contribution in [1.82, 2.24) is 0 Å². The van der Waals surface area contributed by atoms with Crippen LogP contribution >= 0.6 is 0 Å². The van der Waals surface area contributed by atoms with E-state index in [1.54, 1.807) is 18.2 Å². The number of benzene rings is 1. The molecule has 0 spiro atoms. The van der Waals surface area contributed by atoms with E-state index in [1.807, 2.05) is 20.8 Å². The lowest BCUT2D eigenvalue weighted by molar-refractivity contribution is 0.0783.